The van der Waals surface area contributed by atoms with Gasteiger partial charge in [-0.05, 0) is 33.9 Å². The van der Waals surface area contributed by atoms with Gasteiger partial charge in [-0.2, -0.15) is 0 Å². The van der Waals surface area contributed by atoms with Gasteiger partial charge in [0.2, 0.25) is 0 Å². The van der Waals surface area contributed by atoms with E-state index in [1.165, 1.54) is 6.20 Å². The van der Waals surface area contributed by atoms with Crippen LogP contribution < -0.4 is 5.32 Å². The first-order valence-corrected chi connectivity index (χ1v) is 5.43. The van der Waals surface area contributed by atoms with Crippen molar-refractivity contribution in [2.75, 3.05) is 13.1 Å². The van der Waals surface area contributed by atoms with Crippen LogP contribution in [0.5, 0.6) is 0 Å². The smallest absolute Gasteiger partial charge is 0.252 e. The second-order valence-electron chi connectivity index (χ2n) is 2.96. The van der Waals surface area contributed by atoms with Crippen LogP contribution in [0.2, 0.25) is 0 Å². The second kappa shape index (κ2) is 6.81. The quantitative estimate of drug-likeness (QED) is 0.389. The number of pyridine rings is 1. The first-order valence-electron chi connectivity index (χ1n) is 4.63. The van der Waals surface area contributed by atoms with Gasteiger partial charge in [0.1, 0.15) is 0 Å². The number of carbonyl (C=O) groups is 1. The molecule has 0 saturated carbocycles. The van der Waals surface area contributed by atoms with Gasteiger partial charge < -0.3 is 5.32 Å². The van der Waals surface area contributed by atoms with Gasteiger partial charge in [-0.1, -0.05) is 5.11 Å². The Morgan fingerprint density at radius 2 is 2.44 bits per heavy atom. The predicted molar refractivity (Wildman–Crippen MR) is 62.9 cm³/mol. The Labute approximate surface area is 101 Å². The minimum atomic E-state index is -0.185. The van der Waals surface area contributed by atoms with Gasteiger partial charge >= 0.3 is 0 Å². The first-order chi connectivity index (χ1) is 7.74. The summed E-state index contributed by atoms with van der Waals surface area (Å²) in [5.74, 6) is -0.185. The van der Waals surface area contributed by atoms with Crippen molar-refractivity contribution in [2.24, 2.45) is 5.11 Å². The molecule has 7 heteroatoms. The fraction of sp³-hybridized carbons (Fsp3) is 0.333. The monoisotopic (exact) mass is 283 g/mol. The van der Waals surface area contributed by atoms with Gasteiger partial charge in [0.25, 0.3) is 5.91 Å². The van der Waals surface area contributed by atoms with Crippen molar-refractivity contribution in [1.29, 1.82) is 0 Å². The number of carbonyl (C=O) groups excluding carboxylic acids is 1. The highest BCUT2D eigenvalue weighted by molar-refractivity contribution is 9.10. The van der Waals surface area contributed by atoms with Gasteiger partial charge in [-0.3, -0.25) is 9.78 Å². The molecular weight excluding hydrogens is 274 g/mol. The van der Waals surface area contributed by atoms with Crippen molar-refractivity contribution < 1.29 is 4.79 Å². The maximum atomic E-state index is 11.6. The summed E-state index contributed by atoms with van der Waals surface area (Å²) in [6.07, 6.45) is 3.73. The lowest BCUT2D eigenvalue weighted by Crippen LogP contribution is -2.24. The summed E-state index contributed by atoms with van der Waals surface area (Å²) in [5.41, 5.74) is 8.54. The van der Waals surface area contributed by atoms with E-state index in [2.05, 4.69) is 36.3 Å². The molecule has 0 aliphatic carbocycles. The number of nitrogens with one attached hydrogen (secondary N) is 1. The maximum Gasteiger partial charge on any atom is 0.252 e. The molecule has 0 radical (unpaired) electrons. The van der Waals surface area contributed by atoms with Crippen LogP contribution in [0.1, 0.15) is 16.8 Å². The molecule has 1 heterocycles. The Hall–Kier alpha value is -1.59. The molecule has 1 aromatic rings. The largest absolute Gasteiger partial charge is 0.352 e. The number of nitrogens with zero attached hydrogens (tertiary/aromatic N) is 4. The molecule has 1 aromatic heterocycles. The fourth-order valence-corrected chi connectivity index (χ4v) is 1.40. The second-order valence-corrected chi connectivity index (χ2v) is 3.87. The average molecular weight is 284 g/mol. The van der Waals surface area contributed by atoms with E-state index < -0.39 is 0 Å². The molecule has 0 aliphatic heterocycles. The molecule has 1 amide bonds. The summed E-state index contributed by atoms with van der Waals surface area (Å²) < 4.78 is 0.759. The average Bonchev–Trinajstić information content (AvgIpc) is 2.28. The molecule has 0 unspecified atom stereocenters. The van der Waals surface area contributed by atoms with Gasteiger partial charge in [-0.25, -0.2) is 0 Å². The van der Waals surface area contributed by atoms with E-state index in [1.54, 1.807) is 12.3 Å². The van der Waals surface area contributed by atoms with Gasteiger partial charge in [0.15, 0.2) is 0 Å². The van der Waals surface area contributed by atoms with E-state index in [0.717, 1.165) is 4.47 Å². The van der Waals surface area contributed by atoms with Crippen LogP contribution in [0, 0.1) is 0 Å². The summed E-state index contributed by atoms with van der Waals surface area (Å²) in [6, 6.07) is 1.69. The molecule has 84 valence electrons. The topological polar surface area (TPSA) is 90.8 Å². The normalized spacial score (nSPS) is 9.31. The predicted octanol–water partition coefficient (Wildman–Crippen LogP) is 2.27. The third-order valence-electron chi connectivity index (χ3n) is 1.75. The molecule has 0 spiro atoms. The van der Waals surface area contributed by atoms with Crippen LogP contribution in [0.4, 0.5) is 0 Å². The summed E-state index contributed by atoms with van der Waals surface area (Å²) >= 11 is 3.24. The molecule has 0 bridgehead atoms. The Balaban J connectivity index is 2.38. The summed E-state index contributed by atoms with van der Waals surface area (Å²) in [6.45, 7) is 0.859. The zero-order valence-electron chi connectivity index (χ0n) is 8.43. The Morgan fingerprint density at radius 3 is 3.12 bits per heavy atom. The van der Waals surface area contributed by atoms with Crippen LogP contribution in [-0.4, -0.2) is 24.0 Å². The molecule has 0 fully saturated rings. The van der Waals surface area contributed by atoms with E-state index in [4.69, 9.17) is 5.53 Å². The lowest BCUT2D eigenvalue weighted by molar-refractivity contribution is 0.0953. The Morgan fingerprint density at radius 1 is 1.62 bits per heavy atom. The number of hydrogen-bond donors (Lipinski definition) is 1. The third-order valence-corrected chi connectivity index (χ3v) is 2.18. The summed E-state index contributed by atoms with van der Waals surface area (Å²) in [7, 11) is 0. The van der Waals surface area contributed by atoms with E-state index in [9.17, 15) is 4.79 Å². The molecule has 0 atom stereocenters. The van der Waals surface area contributed by atoms with Crippen molar-refractivity contribution >= 4 is 21.8 Å². The summed E-state index contributed by atoms with van der Waals surface area (Å²) in [5, 5.41) is 6.07. The number of aromatic nitrogens is 1. The van der Waals surface area contributed by atoms with Crippen molar-refractivity contribution in [3.05, 3.63) is 38.9 Å². The molecule has 6 nitrogen and oxygen atoms in total. The molecule has 0 aromatic carbocycles. The maximum absolute atomic E-state index is 11.6. The lowest BCUT2D eigenvalue weighted by Gasteiger charge is -2.03. The van der Waals surface area contributed by atoms with Crippen LogP contribution >= 0.6 is 15.9 Å². The highest BCUT2D eigenvalue weighted by atomic mass is 79.9. The molecular formula is C9H10BrN5O. The highest BCUT2D eigenvalue weighted by Crippen LogP contribution is 2.09. The van der Waals surface area contributed by atoms with E-state index in [0.29, 0.717) is 25.1 Å². The minimum Gasteiger partial charge on any atom is -0.352 e. The van der Waals surface area contributed by atoms with E-state index in [1.807, 2.05) is 0 Å². The van der Waals surface area contributed by atoms with Gasteiger partial charge in [-0.15, -0.1) is 0 Å². The van der Waals surface area contributed by atoms with Crippen molar-refractivity contribution in [1.82, 2.24) is 10.3 Å². The molecule has 16 heavy (non-hydrogen) atoms. The van der Waals surface area contributed by atoms with Crippen molar-refractivity contribution in [2.45, 2.75) is 6.42 Å². The van der Waals surface area contributed by atoms with Crippen LogP contribution in [0.3, 0.4) is 0 Å². The lowest BCUT2D eigenvalue weighted by atomic mass is 10.2. The number of azide groups is 1. The Kier molecular flexibility index (Phi) is 5.31. The molecule has 0 saturated heterocycles. The standard InChI is InChI=1S/C9H10BrN5O/c10-8-4-7(5-12-6-8)9(16)13-2-1-3-14-15-11/h4-6H,1-3H2,(H,13,16). The van der Waals surface area contributed by atoms with Crippen LogP contribution in [-0.2, 0) is 0 Å². The van der Waals surface area contributed by atoms with Gasteiger partial charge in [0, 0.05) is 34.9 Å². The summed E-state index contributed by atoms with van der Waals surface area (Å²) in [4.78, 5) is 18.1. The van der Waals surface area contributed by atoms with Gasteiger partial charge in [0.05, 0.1) is 5.56 Å². The van der Waals surface area contributed by atoms with Crippen LogP contribution in [0.25, 0.3) is 10.4 Å². The zero-order valence-corrected chi connectivity index (χ0v) is 10.0. The molecule has 1 N–H and O–H groups in total. The van der Waals surface area contributed by atoms with E-state index >= 15 is 0 Å². The number of amides is 1. The number of hydrogen-bond acceptors (Lipinski definition) is 3. The Bertz CT molecular complexity index is 416. The first kappa shape index (κ1) is 12.5. The molecule has 1 rings (SSSR count). The SMILES string of the molecule is [N-]=[N+]=NCCCNC(=O)c1cncc(Br)c1. The number of halogens is 1. The third kappa shape index (κ3) is 4.29. The minimum absolute atomic E-state index is 0.185. The van der Waals surface area contributed by atoms with Crippen LogP contribution in [0.15, 0.2) is 28.0 Å². The van der Waals surface area contributed by atoms with Crippen molar-refractivity contribution in [3.8, 4) is 0 Å². The molecule has 0 aliphatic rings. The van der Waals surface area contributed by atoms with E-state index in [-0.39, 0.29) is 5.91 Å². The number of rotatable bonds is 5. The fourth-order valence-electron chi connectivity index (χ4n) is 1.03. The highest BCUT2D eigenvalue weighted by Gasteiger charge is 2.04. The van der Waals surface area contributed by atoms with Crippen molar-refractivity contribution in [3.63, 3.8) is 0 Å². The zero-order chi connectivity index (χ0) is 11.8.